The Morgan fingerprint density at radius 1 is 1.28 bits per heavy atom. The zero-order valence-electron chi connectivity index (χ0n) is 17.0. The van der Waals surface area contributed by atoms with E-state index in [0.717, 1.165) is 43.2 Å². The lowest BCUT2D eigenvalue weighted by Crippen LogP contribution is -2.45. The van der Waals surface area contributed by atoms with Gasteiger partial charge in [-0.1, -0.05) is 50.4 Å². The van der Waals surface area contributed by atoms with Crippen LogP contribution in [0.5, 0.6) is 5.88 Å². The topological polar surface area (TPSA) is 71.5 Å². The van der Waals surface area contributed by atoms with E-state index in [1.54, 1.807) is 18.2 Å². The van der Waals surface area contributed by atoms with E-state index >= 15 is 0 Å². The van der Waals surface area contributed by atoms with Gasteiger partial charge in [0.05, 0.1) is 24.3 Å². The number of hydrogen-bond acceptors (Lipinski definition) is 4. The summed E-state index contributed by atoms with van der Waals surface area (Å²) in [6, 6.07) is 8.98. The molecule has 6 heteroatoms. The quantitative estimate of drug-likeness (QED) is 0.676. The first-order valence-electron chi connectivity index (χ1n) is 10.3. The minimum Gasteiger partial charge on any atom is -0.477 e. The smallest absolute Gasteiger partial charge is 0.253 e. The van der Waals surface area contributed by atoms with E-state index in [4.69, 9.17) is 16.3 Å². The van der Waals surface area contributed by atoms with E-state index in [2.05, 4.69) is 24.1 Å². The van der Waals surface area contributed by atoms with Gasteiger partial charge in [-0.15, -0.1) is 0 Å². The molecule has 0 radical (unpaired) electrons. The number of nitrogens with one attached hydrogen (secondary N) is 1. The predicted octanol–water partition coefficient (Wildman–Crippen LogP) is 4.86. The Bertz CT molecular complexity index is 823. The van der Waals surface area contributed by atoms with Crippen LogP contribution >= 0.6 is 11.6 Å². The Morgan fingerprint density at radius 2 is 2.00 bits per heavy atom. The summed E-state index contributed by atoms with van der Waals surface area (Å²) in [5.41, 5.74) is 2.08. The molecule has 1 fully saturated rings. The number of carbonyl (C=O) groups is 1. The zero-order valence-corrected chi connectivity index (χ0v) is 17.8. The molecule has 1 saturated carbocycles. The molecular formula is C23H29ClN2O3. The van der Waals surface area contributed by atoms with Crippen LogP contribution in [-0.2, 0) is 0 Å². The predicted molar refractivity (Wildman–Crippen MR) is 115 cm³/mol. The summed E-state index contributed by atoms with van der Waals surface area (Å²) < 4.78 is 5.92. The molecule has 1 aliphatic rings. The summed E-state index contributed by atoms with van der Waals surface area (Å²) in [6.07, 6.45) is 5.49. The molecule has 29 heavy (non-hydrogen) atoms. The van der Waals surface area contributed by atoms with E-state index in [1.807, 2.05) is 12.1 Å². The SMILES string of the molecule is CC(C)CCOc1ncc(C(=O)NC2CCCCC2O)cc1-c1ccc(Cl)cc1. The molecule has 2 unspecified atom stereocenters. The highest BCUT2D eigenvalue weighted by atomic mass is 35.5. The van der Waals surface area contributed by atoms with Crippen LogP contribution < -0.4 is 10.1 Å². The van der Waals surface area contributed by atoms with Gasteiger partial charge in [0, 0.05) is 16.8 Å². The number of rotatable bonds is 7. The number of pyridine rings is 1. The lowest BCUT2D eigenvalue weighted by molar-refractivity contribution is 0.0717. The summed E-state index contributed by atoms with van der Waals surface area (Å²) in [7, 11) is 0. The number of aliphatic hydroxyl groups is 1. The lowest BCUT2D eigenvalue weighted by Gasteiger charge is -2.28. The van der Waals surface area contributed by atoms with Crippen molar-refractivity contribution >= 4 is 17.5 Å². The number of aromatic nitrogens is 1. The van der Waals surface area contributed by atoms with Gasteiger partial charge in [0.25, 0.3) is 5.91 Å². The molecule has 5 nitrogen and oxygen atoms in total. The average Bonchev–Trinajstić information content (AvgIpc) is 2.70. The second-order valence-corrected chi connectivity index (χ2v) is 8.48. The van der Waals surface area contributed by atoms with Gasteiger partial charge in [0.1, 0.15) is 0 Å². The first-order chi connectivity index (χ1) is 13.9. The number of hydrogen-bond donors (Lipinski definition) is 2. The van der Waals surface area contributed by atoms with Crippen LogP contribution in [0.4, 0.5) is 0 Å². The molecule has 1 amide bonds. The molecule has 2 N–H and O–H groups in total. The van der Waals surface area contributed by atoms with Crippen LogP contribution in [0.1, 0.15) is 56.3 Å². The minimum atomic E-state index is -0.491. The number of amides is 1. The monoisotopic (exact) mass is 416 g/mol. The third kappa shape index (κ3) is 5.94. The lowest BCUT2D eigenvalue weighted by atomic mass is 9.92. The summed E-state index contributed by atoms with van der Waals surface area (Å²) in [5.74, 6) is 0.801. The van der Waals surface area contributed by atoms with Gasteiger partial charge in [-0.05, 0) is 48.9 Å². The van der Waals surface area contributed by atoms with E-state index in [1.165, 1.54) is 6.20 Å². The molecule has 1 aromatic heterocycles. The van der Waals surface area contributed by atoms with Gasteiger partial charge < -0.3 is 15.2 Å². The van der Waals surface area contributed by atoms with Crippen molar-refractivity contribution in [1.29, 1.82) is 0 Å². The molecule has 2 atom stereocenters. The van der Waals surface area contributed by atoms with Crippen molar-refractivity contribution in [3.8, 4) is 17.0 Å². The Labute approximate surface area is 177 Å². The molecule has 0 spiro atoms. The van der Waals surface area contributed by atoms with Gasteiger partial charge in [0.15, 0.2) is 0 Å². The highest BCUT2D eigenvalue weighted by molar-refractivity contribution is 6.30. The number of aliphatic hydroxyl groups excluding tert-OH is 1. The van der Waals surface area contributed by atoms with Gasteiger partial charge in [-0.3, -0.25) is 4.79 Å². The van der Waals surface area contributed by atoms with Gasteiger partial charge in [0.2, 0.25) is 5.88 Å². The molecule has 1 aromatic carbocycles. The van der Waals surface area contributed by atoms with Crippen molar-refractivity contribution in [2.24, 2.45) is 5.92 Å². The zero-order chi connectivity index (χ0) is 20.8. The van der Waals surface area contributed by atoms with Crippen LogP contribution in [0.25, 0.3) is 11.1 Å². The Kier molecular flexibility index (Phi) is 7.51. The van der Waals surface area contributed by atoms with E-state index in [-0.39, 0.29) is 11.9 Å². The highest BCUT2D eigenvalue weighted by Gasteiger charge is 2.25. The average molecular weight is 417 g/mol. The fourth-order valence-corrected chi connectivity index (χ4v) is 3.58. The number of benzene rings is 1. The molecule has 1 heterocycles. The van der Waals surface area contributed by atoms with Crippen LogP contribution in [0.2, 0.25) is 5.02 Å². The van der Waals surface area contributed by atoms with Crippen LogP contribution in [0.3, 0.4) is 0 Å². The molecular weight excluding hydrogens is 388 g/mol. The number of carbonyl (C=O) groups excluding carboxylic acids is 1. The Hall–Kier alpha value is -2.11. The van der Waals surface area contributed by atoms with Gasteiger partial charge in [-0.2, -0.15) is 0 Å². The van der Waals surface area contributed by atoms with E-state index in [9.17, 15) is 9.90 Å². The first-order valence-corrected chi connectivity index (χ1v) is 10.7. The largest absolute Gasteiger partial charge is 0.477 e. The standard InChI is InChI=1S/C23H29ClN2O3/c1-15(2)11-12-29-23-19(16-7-9-18(24)10-8-16)13-17(14-25-23)22(28)26-20-5-3-4-6-21(20)27/h7-10,13-15,20-21,27H,3-6,11-12H2,1-2H3,(H,26,28). The first kappa shape index (κ1) is 21.6. The van der Waals surface area contributed by atoms with Crippen LogP contribution in [0, 0.1) is 5.92 Å². The maximum absolute atomic E-state index is 12.8. The molecule has 0 bridgehead atoms. The number of halogens is 1. The fraction of sp³-hybridized carbons (Fsp3) is 0.478. The maximum Gasteiger partial charge on any atom is 0.253 e. The highest BCUT2D eigenvalue weighted by Crippen LogP contribution is 2.30. The summed E-state index contributed by atoms with van der Waals surface area (Å²) >= 11 is 6.03. The third-order valence-corrected chi connectivity index (χ3v) is 5.50. The maximum atomic E-state index is 12.8. The number of nitrogens with zero attached hydrogens (tertiary/aromatic N) is 1. The third-order valence-electron chi connectivity index (χ3n) is 5.25. The van der Waals surface area contributed by atoms with Crippen molar-refractivity contribution in [2.75, 3.05) is 6.61 Å². The van der Waals surface area contributed by atoms with E-state index in [0.29, 0.717) is 29.0 Å². The van der Waals surface area contributed by atoms with Gasteiger partial charge >= 0.3 is 0 Å². The molecule has 156 valence electrons. The van der Waals surface area contributed by atoms with Crippen molar-refractivity contribution in [3.63, 3.8) is 0 Å². The molecule has 0 saturated heterocycles. The summed E-state index contributed by atoms with van der Waals surface area (Å²) in [6.45, 7) is 4.85. The van der Waals surface area contributed by atoms with Gasteiger partial charge in [-0.25, -0.2) is 4.98 Å². The Morgan fingerprint density at radius 3 is 2.69 bits per heavy atom. The Balaban J connectivity index is 1.83. The van der Waals surface area contributed by atoms with Crippen molar-refractivity contribution in [3.05, 3.63) is 47.1 Å². The van der Waals surface area contributed by atoms with Crippen molar-refractivity contribution in [2.45, 2.75) is 58.1 Å². The van der Waals surface area contributed by atoms with E-state index < -0.39 is 6.10 Å². The molecule has 2 aromatic rings. The van der Waals surface area contributed by atoms with Crippen LogP contribution in [0.15, 0.2) is 36.5 Å². The second kappa shape index (κ2) is 10.1. The summed E-state index contributed by atoms with van der Waals surface area (Å²) in [4.78, 5) is 17.2. The van der Waals surface area contributed by atoms with Crippen molar-refractivity contribution < 1.29 is 14.6 Å². The fourth-order valence-electron chi connectivity index (χ4n) is 3.45. The molecule has 3 rings (SSSR count). The summed E-state index contributed by atoms with van der Waals surface area (Å²) in [5, 5.41) is 13.7. The normalized spacial score (nSPS) is 19.2. The minimum absolute atomic E-state index is 0.211. The molecule has 0 aliphatic heterocycles. The number of ether oxygens (including phenoxy) is 1. The molecule has 1 aliphatic carbocycles. The van der Waals surface area contributed by atoms with Crippen molar-refractivity contribution in [1.82, 2.24) is 10.3 Å². The van der Waals surface area contributed by atoms with Crippen LogP contribution in [-0.4, -0.2) is 34.8 Å². The second-order valence-electron chi connectivity index (χ2n) is 8.05.